The maximum absolute atomic E-state index is 6.19. The number of halogens is 2. The van der Waals surface area contributed by atoms with Gasteiger partial charge in [-0.1, -0.05) is 37.0 Å². The van der Waals surface area contributed by atoms with Gasteiger partial charge in [-0.15, -0.1) is 0 Å². The molecule has 1 rings (SSSR count). The zero-order valence-electron chi connectivity index (χ0n) is 9.71. The first kappa shape index (κ1) is 13.8. The van der Waals surface area contributed by atoms with E-state index in [1.54, 1.807) is 6.07 Å². The van der Waals surface area contributed by atoms with Crippen LogP contribution in [0.4, 0.5) is 0 Å². The number of rotatable bonds is 5. The first-order chi connectivity index (χ1) is 7.63. The van der Waals surface area contributed by atoms with Crippen molar-refractivity contribution in [3.63, 3.8) is 0 Å². The SMILES string of the molecule is CCN(CC)C(CN)c1cc(Cl)ccc1Cl. The van der Waals surface area contributed by atoms with Crippen LogP contribution in [0.5, 0.6) is 0 Å². The van der Waals surface area contributed by atoms with Crippen LogP contribution in [0, 0.1) is 0 Å². The van der Waals surface area contributed by atoms with Crippen molar-refractivity contribution in [3.8, 4) is 0 Å². The largest absolute Gasteiger partial charge is 0.329 e. The van der Waals surface area contributed by atoms with Crippen molar-refractivity contribution in [1.29, 1.82) is 0 Å². The number of nitrogens with zero attached hydrogens (tertiary/aromatic N) is 1. The molecular formula is C12H18Cl2N2. The summed E-state index contributed by atoms with van der Waals surface area (Å²) in [5.74, 6) is 0. The Labute approximate surface area is 107 Å². The van der Waals surface area contributed by atoms with Crippen molar-refractivity contribution < 1.29 is 0 Å². The summed E-state index contributed by atoms with van der Waals surface area (Å²) in [6.45, 7) is 6.67. The molecule has 2 nitrogen and oxygen atoms in total. The molecular weight excluding hydrogens is 243 g/mol. The molecule has 0 saturated heterocycles. The Hall–Kier alpha value is -0.280. The molecule has 1 unspecified atom stereocenters. The molecule has 0 radical (unpaired) electrons. The van der Waals surface area contributed by atoms with Gasteiger partial charge in [0, 0.05) is 22.6 Å². The Kier molecular flexibility index (Phi) is 5.56. The van der Waals surface area contributed by atoms with Crippen LogP contribution < -0.4 is 5.73 Å². The minimum atomic E-state index is 0.140. The van der Waals surface area contributed by atoms with Crippen LogP contribution in [0.25, 0.3) is 0 Å². The molecule has 2 N–H and O–H groups in total. The van der Waals surface area contributed by atoms with Gasteiger partial charge < -0.3 is 5.73 Å². The maximum Gasteiger partial charge on any atom is 0.0485 e. The van der Waals surface area contributed by atoms with E-state index < -0.39 is 0 Å². The van der Waals surface area contributed by atoms with Gasteiger partial charge in [0.15, 0.2) is 0 Å². The fourth-order valence-electron chi connectivity index (χ4n) is 1.91. The van der Waals surface area contributed by atoms with Crippen LogP contribution in [0.3, 0.4) is 0 Å². The smallest absolute Gasteiger partial charge is 0.0485 e. The Balaban J connectivity index is 3.06. The van der Waals surface area contributed by atoms with Crippen molar-refractivity contribution in [1.82, 2.24) is 4.90 Å². The lowest BCUT2D eigenvalue weighted by Crippen LogP contribution is -2.33. The third-order valence-corrected chi connectivity index (χ3v) is 3.37. The normalized spacial score (nSPS) is 13.1. The second kappa shape index (κ2) is 6.45. The predicted molar refractivity (Wildman–Crippen MR) is 71.2 cm³/mol. The van der Waals surface area contributed by atoms with E-state index >= 15 is 0 Å². The molecule has 0 fully saturated rings. The van der Waals surface area contributed by atoms with Crippen LogP contribution >= 0.6 is 23.2 Å². The first-order valence-corrected chi connectivity index (χ1v) is 6.28. The van der Waals surface area contributed by atoms with E-state index in [4.69, 9.17) is 28.9 Å². The second-order valence-electron chi connectivity index (χ2n) is 3.64. The molecule has 0 saturated carbocycles. The van der Waals surface area contributed by atoms with Crippen molar-refractivity contribution in [2.45, 2.75) is 19.9 Å². The van der Waals surface area contributed by atoms with Crippen LogP contribution in [0.1, 0.15) is 25.5 Å². The second-order valence-corrected chi connectivity index (χ2v) is 4.48. The lowest BCUT2D eigenvalue weighted by atomic mass is 10.1. The van der Waals surface area contributed by atoms with Gasteiger partial charge in [-0.3, -0.25) is 4.90 Å². The molecule has 0 heterocycles. The number of hydrogen-bond acceptors (Lipinski definition) is 2. The van der Waals surface area contributed by atoms with Gasteiger partial charge in [0.1, 0.15) is 0 Å². The third-order valence-electron chi connectivity index (χ3n) is 2.79. The number of likely N-dealkylation sites (N-methyl/N-ethyl adjacent to an activating group) is 1. The predicted octanol–water partition coefficient (Wildman–Crippen LogP) is 3.34. The molecule has 0 aliphatic carbocycles. The molecule has 0 bridgehead atoms. The number of nitrogens with two attached hydrogens (primary N) is 1. The zero-order chi connectivity index (χ0) is 12.1. The molecule has 90 valence electrons. The summed E-state index contributed by atoms with van der Waals surface area (Å²) in [5, 5.41) is 1.43. The molecule has 16 heavy (non-hydrogen) atoms. The summed E-state index contributed by atoms with van der Waals surface area (Å²) in [5.41, 5.74) is 6.85. The van der Waals surface area contributed by atoms with E-state index in [0.29, 0.717) is 11.6 Å². The van der Waals surface area contributed by atoms with E-state index in [1.165, 1.54) is 0 Å². The fraction of sp³-hybridized carbons (Fsp3) is 0.500. The minimum absolute atomic E-state index is 0.140. The van der Waals surface area contributed by atoms with Gasteiger partial charge in [0.25, 0.3) is 0 Å². The highest BCUT2D eigenvalue weighted by Crippen LogP contribution is 2.29. The topological polar surface area (TPSA) is 29.3 Å². The molecule has 0 spiro atoms. The van der Waals surface area contributed by atoms with Crippen molar-refractivity contribution in [2.75, 3.05) is 19.6 Å². The number of hydrogen-bond donors (Lipinski definition) is 1. The summed E-state index contributed by atoms with van der Waals surface area (Å²) in [4.78, 5) is 2.28. The van der Waals surface area contributed by atoms with Gasteiger partial charge in [-0.2, -0.15) is 0 Å². The third kappa shape index (κ3) is 3.11. The molecule has 1 aromatic rings. The molecule has 4 heteroatoms. The first-order valence-electron chi connectivity index (χ1n) is 5.53. The van der Waals surface area contributed by atoms with Gasteiger partial charge in [0.2, 0.25) is 0 Å². The molecule has 1 atom stereocenters. The molecule has 0 aromatic heterocycles. The lowest BCUT2D eigenvalue weighted by molar-refractivity contribution is 0.224. The summed E-state index contributed by atoms with van der Waals surface area (Å²) in [7, 11) is 0. The van der Waals surface area contributed by atoms with Crippen LogP contribution in [0.2, 0.25) is 10.0 Å². The molecule has 0 amide bonds. The quantitative estimate of drug-likeness (QED) is 0.880. The fourth-order valence-corrected chi connectivity index (χ4v) is 2.33. The highest BCUT2D eigenvalue weighted by Gasteiger charge is 2.18. The molecule has 0 aliphatic rings. The van der Waals surface area contributed by atoms with Crippen LogP contribution in [-0.4, -0.2) is 24.5 Å². The van der Waals surface area contributed by atoms with Gasteiger partial charge in [-0.25, -0.2) is 0 Å². The van der Waals surface area contributed by atoms with Gasteiger partial charge >= 0.3 is 0 Å². The van der Waals surface area contributed by atoms with E-state index in [0.717, 1.165) is 23.7 Å². The average Bonchev–Trinajstić information content (AvgIpc) is 2.29. The summed E-state index contributed by atoms with van der Waals surface area (Å²) >= 11 is 12.2. The van der Waals surface area contributed by atoms with E-state index in [-0.39, 0.29) is 6.04 Å². The van der Waals surface area contributed by atoms with Crippen molar-refractivity contribution in [3.05, 3.63) is 33.8 Å². The average molecular weight is 261 g/mol. The summed E-state index contributed by atoms with van der Waals surface area (Å²) in [6, 6.07) is 5.66. The summed E-state index contributed by atoms with van der Waals surface area (Å²) < 4.78 is 0. The van der Waals surface area contributed by atoms with E-state index in [2.05, 4.69) is 18.7 Å². The van der Waals surface area contributed by atoms with Gasteiger partial charge in [-0.05, 0) is 36.9 Å². The Morgan fingerprint density at radius 2 is 1.88 bits per heavy atom. The van der Waals surface area contributed by atoms with Gasteiger partial charge in [0.05, 0.1) is 0 Å². The minimum Gasteiger partial charge on any atom is -0.329 e. The standard InChI is InChI=1S/C12H18Cl2N2/c1-3-16(4-2)12(8-15)10-7-9(13)5-6-11(10)14/h5-7,12H,3-4,8,15H2,1-2H3. The Bertz CT molecular complexity index is 338. The zero-order valence-corrected chi connectivity index (χ0v) is 11.2. The molecule has 1 aromatic carbocycles. The monoisotopic (exact) mass is 260 g/mol. The highest BCUT2D eigenvalue weighted by molar-refractivity contribution is 6.33. The van der Waals surface area contributed by atoms with Crippen molar-refractivity contribution in [2.24, 2.45) is 5.73 Å². The van der Waals surface area contributed by atoms with E-state index in [1.807, 2.05) is 12.1 Å². The number of benzene rings is 1. The highest BCUT2D eigenvalue weighted by atomic mass is 35.5. The van der Waals surface area contributed by atoms with Crippen LogP contribution in [-0.2, 0) is 0 Å². The van der Waals surface area contributed by atoms with Crippen LogP contribution in [0.15, 0.2) is 18.2 Å². The molecule has 0 aliphatic heterocycles. The summed E-state index contributed by atoms with van der Waals surface area (Å²) in [6.07, 6.45) is 0. The lowest BCUT2D eigenvalue weighted by Gasteiger charge is -2.29. The van der Waals surface area contributed by atoms with E-state index in [9.17, 15) is 0 Å². The maximum atomic E-state index is 6.19. The Morgan fingerprint density at radius 3 is 2.38 bits per heavy atom. The Morgan fingerprint density at radius 1 is 1.25 bits per heavy atom. The van der Waals surface area contributed by atoms with Crippen molar-refractivity contribution >= 4 is 23.2 Å².